The summed E-state index contributed by atoms with van der Waals surface area (Å²) in [6.45, 7) is 23.2. The number of carbonyl (C=O) groups is 2. The van der Waals surface area contributed by atoms with Gasteiger partial charge in [0.05, 0.1) is 16.7 Å². The Kier molecular flexibility index (Phi) is 8.64. The quantitative estimate of drug-likeness (QED) is 0.177. The molecular weight excluding hydrogens is 591 g/mol. The van der Waals surface area contributed by atoms with Crippen LogP contribution in [0.3, 0.4) is 0 Å². The molecule has 0 aliphatic heterocycles. The third-order valence-electron chi connectivity index (χ3n) is 12.1. The molecule has 46 heavy (non-hydrogen) atoms. The summed E-state index contributed by atoms with van der Waals surface area (Å²) in [5.74, 6) is 0.0947. The first-order chi connectivity index (χ1) is 21.3. The lowest BCUT2D eigenvalue weighted by atomic mass is 9.36. The normalized spacial score (nSPS) is 29.7. The van der Waals surface area contributed by atoms with Crippen LogP contribution in [0.1, 0.15) is 122 Å². The van der Waals surface area contributed by atoms with Crippen molar-refractivity contribution in [2.75, 3.05) is 0 Å². The van der Waals surface area contributed by atoms with E-state index in [1.807, 2.05) is 24.8 Å². The first-order valence-electron chi connectivity index (χ1n) is 16.7. The predicted molar refractivity (Wildman–Crippen MR) is 185 cm³/mol. The fraction of sp³-hybridized carbons (Fsp3) is 0.575. The largest absolute Gasteiger partial charge is 0.423 e. The third-order valence-corrected chi connectivity index (χ3v) is 13.3. The van der Waals surface area contributed by atoms with Crippen molar-refractivity contribution in [2.24, 2.45) is 27.6 Å². The molecule has 2 aromatic rings. The molecule has 0 amide bonds. The molecule has 0 saturated heterocycles. The van der Waals surface area contributed by atoms with E-state index in [1.54, 1.807) is 0 Å². The van der Waals surface area contributed by atoms with Crippen molar-refractivity contribution in [1.29, 1.82) is 5.26 Å². The number of allylic oxidation sites excluding steroid dienone is 1. The van der Waals surface area contributed by atoms with E-state index < -0.39 is 17.4 Å². The third kappa shape index (κ3) is 5.61. The number of hydrogen-bond donors (Lipinski definition) is 0. The van der Waals surface area contributed by atoms with Crippen molar-refractivity contribution < 1.29 is 19.1 Å². The standard InChI is InChI=1S/C40H51NO4S/c1-24-12-14-28(15-13-24)46-31-21-32-38(9,29-20-30(44-26(3)42)35(45-27(4)43)25(2)34(29)31)17-19-40(11)33(22-36(5,6)23-41)37(7,8)16-18-39(32,40)10/h12-15,20-21,31,33H,16-19,22H2,1-11H3/t31?,33-,38+,39-,40+/m1/s1. The molecule has 0 radical (unpaired) electrons. The van der Waals surface area contributed by atoms with Crippen LogP contribution in [0.25, 0.3) is 0 Å². The van der Waals surface area contributed by atoms with E-state index in [4.69, 9.17) is 9.47 Å². The summed E-state index contributed by atoms with van der Waals surface area (Å²) < 4.78 is 11.5. The molecule has 2 saturated carbocycles. The van der Waals surface area contributed by atoms with Crippen LogP contribution < -0.4 is 9.47 Å². The number of rotatable bonds is 6. The molecule has 2 fully saturated rings. The van der Waals surface area contributed by atoms with Crippen molar-refractivity contribution in [3.63, 3.8) is 0 Å². The van der Waals surface area contributed by atoms with E-state index in [9.17, 15) is 14.9 Å². The van der Waals surface area contributed by atoms with E-state index in [-0.39, 0.29) is 26.9 Å². The van der Waals surface area contributed by atoms with Crippen LogP contribution in [0.2, 0.25) is 0 Å². The highest BCUT2D eigenvalue weighted by atomic mass is 32.2. The average Bonchev–Trinajstić information content (AvgIpc) is 2.96. The molecule has 0 aromatic heterocycles. The number of esters is 2. The fourth-order valence-electron chi connectivity index (χ4n) is 9.33. The van der Waals surface area contributed by atoms with Crippen LogP contribution in [-0.4, -0.2) is 11.9 Å². The Labute approximate surface area is 280 Å². The maximum Gasteiger partial charge on any atom is 0.308 e. The van der Waals surface area contributed by atoms with Crippen LogP contribution in [0, 0.1) is 52.8 Å². The summed E-state index contributed by atoms with van der Waals surface area (Å²) in [5.41, 5.74) is 5.05. The van der Waals surface area contributed by atoms with E-state index in [0.29, 0.717) is 17.4 Å². The highest BCUT2D eigenvalue weighted by Gasteiger charge is 2.65. The minimum atomic E-state index is -0.449. The van der Waals surface area contributed by atoms with Crippen molar-refractivity contribution in [2.45, 2.75) is 124 Å². The van der Waals surface area contributed by atoms with Gasteiger partial charge in [0.15, 0.2) is 11.5 Å². The molecule has 1 unspecified atom stereocenters. The average molecular weight is 642 g/mol. The Hall–Kier alpha value is -3.04. The van der Waals surface area contributed by atoms with E-state index in [0.717, 1.165) is 48.8 Å². The van der Waals surface area contributed by atoms with Gasteiger partial charge in [0, 0.05) is 29.7 Å². The van der Waals surface area contributed by atoms with Gasteiger partial charge in [-0.15, -0.1) is 11.8 Å². The van der Waals surface area contributed by atoms with E-state index in [2.05, 4.69) is 91.8 Å². The van der Waals surface area contributed by atoms with Gasteiger partial charge in [-0.3, -0.25) is 9.59 Å². The summed E-state index contributed by atoms with van der Waals surface area (Å²) in [7, 11) is 0. The zero-order valence-electron chi connectivity index (χ0n) is 29.6. The van der Waals surface area contributed by atoms with E-state index >= 15 is 0 Å². The minimum Gasteiger partial charge on any atom is -0.423 e. The Bertz CT molecular complexity index is 1650. The van der Waals surface area contributed by atoms with E-state index in [1.165, 1.54) is 29.9 Å². The molecule has 3 aliphatic rings. The highest BCUT2D eigenvalue weighted by molar-refractivity contribution is 7.99. The number of nitrogens with zero attached hydrogens (tertiary/aromatic N) is 1. The molecular formula is C40H51NO4S. The highest BCUT2D eigenvalue weighted by Crippen LogP contribution is 2.73. The number of benzene rings is 2. The number of carbonyl (C=O) groups excluding carboxylic acids is 2. The lowest BCUT2D eigenvalue weighted by Crippen LogP contribution is -2.60. The maximum absolute atomic E-state index is 12.3. The van der Waals surface area contributed by atoms with Gasteiger partial charge in [-0.2, -0.15) is 5.26 Å². The fourth-order valence-corrected chi connectivity index (χ4v) is 10.5. The van der Waals surface area contributed by atoms with Gasteiger partial charge in [0.25, 0.3) is 0 Å². The molecule has 0 N–H and O–H groups in total. The molecule has 0 spiro atoms. The SMILES string of the molecule is CC(=O)Oc1cc2c(c(C)c1OC(C)=O)C(Sc1ccc(C)cc1)C=C1[C@@]2(C)CC[C@@]2(C)[C@H](CC(C)(C)C#N)C(C)(C)CC[C@]12C. The van der Waals surface area contributed by atoms with Crippen LogP contribution in [0.5, 0.6) is 11.5 Å². The van der Waals surface area contributed by atoms with Crippen LogP contribution in [0.15, 0.2) is 46.9 Å². The summed E-state index contributed by atoms with van der Waals surface area (Å²) in [5, 5.41) is 10.1. The zero-order chi connectivity index (χ0) is 34.0. The first-order valence-corrected chi connectivity index (χ1v) is 17.6. The predicted octanol–water partition coefficient (Wildman–Crippen LogP) is 10.4. The van der Waals surface area contributed by atoms with Gasteiger partial charge >= 0.3 is 11.9 Å². The van der Waals surface area contributed by atoms with Gasteiger partial charge < -0.3 is 9.47 Å². The van der Waals surface area contributed by atoms with Gasteiger partial charge in [-0.05, 0) is 111 Å². The molecule has 5 atom stereocenters. The van der Waals surface area contributed by atoms with Crippen molar-refractivity contribution in [1.82, 2.24) is 0 Å². The van der Waals surface area contributed by atoms with Crippen LogP contribution in [-0.2, 0) is 15.0 Å². The molecule has 5 nitrogen and oxygen atoms in total. The molecule has 6 heteroatoms. The minimum absolute atomic E-state index is 0.0176. The van der Waals surface area contributed by atoms with Gasteiger partial charge in [0.2, 0.25) is 0 Å². The number of hydrogen-bond acceptors (Lipinski definition) is 6. The number of aryl methyl sites for hydroxylation is 1. The Morgan fingerprint density at radius 2 is 1.59 bits per heavy atom. The summed E-state index contributed by atoms with van der Waals surface area (Å²) in [6.07, 6.45) is 7.52. The maximum atomic E-state index is 12.3. The second-order valence-electron chi connectivity index (χ2n) is 16.2. The number of fused-ring (bicyclic) bond motifs is 5. The van der Waals surface area contributed by atoms with Crippen molar-refractivity contribution >= 4 is 23.7 Å². The Balaban J connectivity index is 1.76. The first kappa shape index (κ1) is 34.3. The number of nitriles is 1. The molecule has 0 heterocycles. The van der Waals surface area contributed by atoms with Gasteiger partial charge in [0.1, 0.15) is 0 Å². The summed E-state index contributed by atoms with van der Waals surface area (Å²) in [6, 6.07) is 13.3. The number of thioether (sulfide) groups is 1. The van der Waals surface area contributed by atoms with Gasteiger partial charge in [-0.1, -0.05) is 64.0 Å². The lowest BCUT2D eigenvalue weighted by Gasteiger charge is -2.68. The Morgan fingerprint density at radius 3 is 2.17 bits per heavy atom. The molecule has 246 valence electrons. The second kappa shape index (κ2) is 11.6. The van der Waals surface area contributed by atoms with Crippen LogP contribution >= 0.6 is 11.8 Å². The van der Waals surface area contributed by atoms with Gasteiger partial charge in [-0.25, -0.2) is 0 Å². The van der Waals surface area contributed by atoms with Crippen molar-refractivity contribution in [3.8, 4) is 17.6 Å². The second-order valence-corrected chi connectivity index (χ2v) is 17.4. The Morgan fingerprint density at radius 1 is 0.957 bits per heavy atom. The van der Waals surface area contributed by atoms with Crippen LogP contribution in [0.4, 0.5) is 0 Å². The molecule has 2 aromatic carbocycles. The molecule has 5 rings (SSSR count). The monoisotopic (exact) mass is 641 g/mol. The smallest absolute Gasteiger partial charge is 0.308 e. The lowest BCUT2D eigenvalue weighted by molar-refractivity contribution is -0.134. The summed E-state index contributed by atoms with van der Waals surface area (Å²) >= 11 is 1.82. The molecule has 3 aliphatic carbocycles. The topological polar surface area (TPSA) is 76.4 Å². The number of ether oxygens (including phenoxy) is 2. The molecule has 0 bridgehead atoms. The van der Waals surface area contributed by atoms with Crippen molar-refractivity contribution in [3.05, 3.63) is 64.2 Å². The summed E-state index contributed by atoms with van der Waals surface area (Å²) in [4.78, 5) is 25.8. The zero-order valence-corrected chi connectivity index (χ0v) is 30.5.